The molecule has 6 heteroatoms. The average Bonchev–Trinajstić information content (AvgIpc) is 2.64. The maximum absolute atomic E-state index is 12.0. The third-order valence-electron chi connectivity index (χ3n) is 4.84. The maximum Gasteiger partial charge on any atom is 0.130 e. The summed E-state index contributed by atoms with van der Waals surface area (Å²) in [5.41, 5.74) is 7.13. The first-order valence-electron chi connectivity index (χ1n) is 9.07. The van der Waals surface area contributed by atoms with Gasteiger partial charge in [0.2, 0.25) is 0 Å². The van der Waals surface area contributed by atoms with Crippen molar-refractivity contribution < 1.29 is 19.4 Å². The Morgan fingerprint density at radius 2 is 2.12 bits per heavy atom. The van der Waals surface area contributed by atoms with Crippen LogP contribution in [0.4, 0.5) is 5.69 Å². The number of rotatable bonds is 10. The summed E-state index contributed by atoms with van der Waals surface area (Å²) in [6.07, 6.45) is 4.33. The second kappa shape index (κ2) is 9.75. The molecule has 0 aliphatic heterocycles. The Morgan fingerprint density at radius 3 is 2.76 bits per heavy atom. The van der Waals surface area contributed by atoms with Crippen molar-refractivity contribution in [2.45, 2.75) is 44.1 Å². The zero-order valence-electron chi connectivity index (χ0n) is 15.0. The molecule has 0 heterocycles. The fourth-order valence-electron chi connectivity index (χ4n) is 3.45. The van der Waals surface area contributed by atoms with Crippen LogP contribution < -0.4 is 15.8 Å². The van der Waals surface area contributed by atoms with Gasteiger partial charge in [-0.15, -0.1) is 0 Å². The van der Waals surface area contributed by atoms with Crippen LogP contribution in [0.1, 0.15) is 38.2 Å². The lowest BCUT2D eigenvalue weighted by molar-refractivity contribution is -0.114. The van der Waals surface area contributed by atoms with Crippen molar-refractivity contribution >= 4 is 12.0 Å². The summed E-state index contributed by atoms with van der Waals surface area (Å²) in [5.74, 6) is 0.751. The molecule has 0 amide bonds. The summed E-state index contributed by atoms with van der Waals surface area (Å²) in [6, 6.07) is 5.57. The van der Waals surface area contributed by atoms with Crippen molar-refractivity contribution in [3.05, 3.63) is 23.8 Å². The van der Waals surface area contributed by atoms with Gasteiger partial charge in [-0.25, -0.2) is 0 Å². The van der Waals surface area contributed by atoms with Gasteiger partial charge in [0.05, 0.1) is 31.3 Å². The lowest BCUT2D eigenvalue weighted by Gasteiger charge is -2.37. The highest BCUT2D eigenvalue weighted by atomic mass is 16.5. The molecule has 0 aromatic heterocycles. The number of carbonyl (C=O) groups is 1. The molecule has 1 aromatic carbocycles. The van der Waals surface area contributed by atoms with Crippen LogP contribution in [0, 0.1) is 0 Å². The number of nitrogen functional groups attached to an aromatic ring is 1. The molecule has 1 aromatic rings. The van der Waals surface area contributed by atoms with E-state index >= 15 is 0 Å². The molecule has 1 aliphatic rings. The highest BCUT2D eigenvalue weighted by Crippen LogP contribution is 2.42. The van der Waals surface area contributed by atoms with Crippen LogP contribution in [0.15, 0.2) is 18.2 Å². The Balaban J connectivity index is 1.97. The Labute approximate surface area is 149 Å². The van der Waals surface area contributed by atoms with Crippen LogP contribution >= 0.6 is 0 Å². The Kier molecular flexibility index (Phi) is 7.68. The molecule has 0 radical (unpaired) electrons. The molecule has 25 heavy (non-hydrogen) atoms. The normalized spacial score (nSPS) is 23.4. The summed E-state index contributed by atoms with van der Waals surface area (Å²) in [7, 11) is 0. The van der Waals surface area contributed by atoms with Gasteiger partial charge >= 0.3 is 0 Å². The summed E-state index contributed by atoms with van der Waals surface area (Å²) in [5, 5.41) is 11.8. The SMILES string of the molecule is CCOc1ccc(N)c(C2(C=O)CCC(OCCNCCO)CC2)c1. The van der Waals surface area contributed by atoms with E-state index in [4.69, 9.17) is 20.3 Å². The van der Waals surface area contributed by atoms with E-state index < -0.39 is 5.41 Å². The van der Waals surface area contributed by atoms with Crippen molar-refractivity contribution in [1.82, 2.24) is 5.32 Å². The molecule has 0 bridgehead atoms. The maximum atomic E-state index is 12.0. The number of benzene rings is 1. The number of nitrogens with one attached hydrogen (secondary N) is 1. The molecular weight excluding hydrogens is 320 g/mol. The monoisotopic (exact) mass is 350 g/mol. The van der Waals surface area contributed by atoms with Crippen LogP contribution in [-0.4, -0.2) is 50.4 Å². The summed E-state index contributed by atoms with van der Waals surface area (Å²) in [6.45, 7) is 4.56. The van der Waals surface area contributed by atoms with E-state index in [0.29, 0.717) is 25.4 Å². The van der Waals surface area contributed by atoms with Crippen molar-refractivity contribution in [3.8, 4) is 5.75 Å². The van der Waals surface area contributed by atoms with Gasteiger partial charge in [0.1, 0.15) is 12.0 Å². The first kappa shape index (κ1) is 19.7. The van der Waals surface area contributed by atoms with Gasteiger partial charge in [-0.3, -0.25) is 0 Å². The minimum Gasteiger partial charge on any atom is -0.494 e. The molecular formula is C19H30N2O4. The van der Waals surface area contributed by atoms with E-state index in [-0.39, 0.29) is 12.7 Å². The molecule has 0 saturated heterocycles. The van der Waals surface area contributed by atoms with Gasteiger partial charge in [-0.05, 0) is 56.4 Å². The smallest absolute Gasteiger partial charge is 0.130 e. The molecule has 6 nitrogen and oxygen atoms in total. The summed E-state index contributed by atoms with van der Waals surface area (Å²) >= 11 is 0. The van der Waals surface area contributed by atoms with Gasteiger partial charge in [-0.2, -0.15) is 0 Å². The highest BCUT2D eigenvalue weighted by Gasteiger charge is 2.38. The first-order chi connectivity index (χ1) is 12.1. The fourth-order valence-corrected chi connectivity index (χ4v) is 3.45. The number of aliphatic hydroxyl groups excluding tert-OH is 1. The molecule has 2 rings (SSSR count). The number of aliphatic hydroxyl groups is 1. The zero-order chi connectivity index (χ0) is 18.1. The van der Waals surface area contributed by atoms with E-state index in [1.807, 2.05) is 25.1 Å². The van der Waals surface area contributed by atoms with Gasteiger partial charge in [0.15, 0.2) is 0 Å². The third-order valence-corrected chi connectivity index (χ3v) is 4.84. The second-order valence-electron chi connectivity index (χ2n) is 6.50. The largest absolute Gasteiger partial charge is 0.494 e. The molecule has 140 valence electrons. The molecule has 1 aliphatic carbocycles. The molecule has 0 unspecified atom stereocenters. The van der Waals surface area contributed by atoms with E-state index in [0.717, 1.165) is 49.8 Å². The molecule has 1 saturated carbocycles. The van der Waals surface area contributed by atoms with Crippen LogP contribution in [-0.2, 0) is 14.9 Å². The first-order valence-corrected chi connectivity index (χ1v) is 9.07. The minimum atomic E-state index is -0.549. The number of ether oxygens (including phenoxy) is 2. The predicted octanol–water partition coefficient (Wildman–Crippen LogP) is 1.65. The highest BCUT2D eigenvalue weighted by molar-refractivity contribution is 5.74. The number of nitrogens with two attached hydrogens (primary N) is 1. The van der Waals surface area contributed by atoms with Crippen LogP contribution in [0.25, 0.3) is 0 Å². The number of hydrogen-bond donors (Lipinski definition) is 3. The Hall–Kier alpha value is -1.63. The topological polar surface area (TPSA) is 93.8 Å². The fraction of sp³-hybridized carbons (Fsp3) is 0.632. The van der Waals surface area contributed by atoms with Crippen molar-refractivity contribution in [2.75, 3.05) is 38.6 Å². The predicted molar refractivity (Wildman–Crippen MR) is 97.9 cm³/mol. The minimum absolute atomic E-state index is 0.132. The molecule has 0 atom stereocenters. The van der Waals surface area contributed by atoms with Gasteiger partial charge < -0.3 is 30.4 Å². The standard InChI is InChI=1S/C19H30N2O4/c1-2-24-16-3-4-18(20)17(13-16)19(14-23)7-5-15(6-8-19)25-12-10-21-9-11-22/h3-4,13-15,21-22H,2,5-12,20H2,1H3. The van der Waals surface area contributed by atoms with Crippen LogP contribution in [0.5, 0.6) is 5.75 Å². The Morgan fingerprint density at radius 1 is 1.36 bits per heavy atom. The number of aldehydes is 1. The van der Waals surface area contributed by atoms with Crippen molar-refractivity contribution in [1.29, 1.82) is 0 Å². The number of carbonyl (C=O) groups excluding carboxylic acids is 1. The summed E-state index contributed by atoms with van der Waals surface area (Å²) < 4.78 is 11.4. The second-order valence-corrected chi connectivity index (χ2v) is 6.50. The van der Waals surface area contributed by atoms with Gasteiger partial charge in [-0.1, -0.05) is 0 Å². The lowest BCUT2D eigenvalue weighted by atomic mass is 9.69. The van der Waals surface area contributed by atoms with Crippen molar-refractivity contribution in [3.63, 3.8) is 0 Å². The third kappa shape index (κ3) is 5.17. The van der Waals surface area contributed by atoms with Gasteiger partial charge in [0.25, 0.3) is 0 Å². The average molecular weight is 350 g/mol. The number of hydrogen-bond acceptors (Lipinski definition) is 6. The Bertz CT molecular complexity index is 542. The van der Waals surface area contributed by atoms with Crippen molar-refractivity contribution in [2.24, 2.45) is 0 Å². The molecule has 0 spiro atoms. The molecule has 4 N–H and O–H groups in total. The van der Waals surface area contributed by atoms with Gasteiger partial charge in [0, 0.05) is 18.8 Å². The lowest BCUT2D eigenvalue weighted by Crippen LogP contribution is -2.37. The van der Waals surface area contributed by atoms with Crippen LogP contribution in [0.2, 0.25) is 0 Å². The zero-order valence-corrected chi connectivity index (χ0v) is 15.0. The van der Waals surface area contributed by atoms with E-state index in [2.05, 4.69) is 5.32 Å². The molecule has 1 fully saturated rings. The van der Waals surface area contributed by atoms with E-state index in [1.165, 1.54) is 0 Å². The van der Waals surface area contributed by atoms with E-state index in [9.17, 15) is 4.79 Å². The summed E-state index contributed by atoms with van der Waals surface area (Å²) in [4.78, 5) is 12.0. The van der Waals surface area contributed by atoms with E-state index in [1.54, 1.807) is 0 Å². The number of anilines is 1. The van der Waals surface area contributed by atoms with Crippen LogP contribution in [0.3, 0.4) is 0 Å². The quantitative estimate of drug-likeness (QED) is 0.337.